The second-order valence-corrected chi connectivity index (χ2v) is 6.54. The van der Waals surface area contributed by atoms with Crippen LogP contribution in [0.5, 0.6) is 0 Å². The molecule has 0 saturated carbocycles. The van der Waals surface area contributed by atoms with Crippen LogP contribution in [0.1, 0.15) is 29.5 Å². The van der Waals surface area contributed by atoms with Gasteiger partial charge in [-0.3, -0.25) is 4.99 Å². The summed E-state index contributed by atoms with van der Waals surface area (Å²) in [5.41, 5.74) is 3.32. The molecule has 0 aliphatic rings. The molecular formula is C20H30N4O2. The summed E-state index contributed by atoms with van der Waals surface area (Å²) in [4.78, 5) is 4.27. The van der Waals surface area contributed by atoms with Gasteiger partial charge in [0.2, 0.25) is 0 Å². The van der Waals surface area contributed by atoms with Crippen molar-refractivity contribution in [2.45, 2.75) is 33.8 Å². The first-order valence-corrected chi connectivity index (χ1v) is 9.08. The minimum absolute atomic E-state index is 0.389. The zero-order valence-corrected chi connectivity index (χ0v) is 16.2. The van der Waals surface area contributed by atoms with E-state index in [0.29, 0.717) is 19.1 Å². The van der Waals surface area contributed by atoms with Gasteiger partial charge in [-0.05, 0) is 31.7 Å². The van der Waals surface area contributed by atoms with E-state index in [-0.39, 0.29) is 0 Å². The third-order valence-corrected chi connectivity index (χ3v) is 4.20. The number of aromatic nitrogens is 1. The van der Waals surface area contributed by atoms with E-state index in [1.165, 1.54) is 5.56 Å². The lowest BCUT2D eigenvalue weighted by Crippen LogP contribution is -2.40. The SMILES string of the molecule is CN=C(NCCc1c(C)noc1C)NCC(C)COCc1ccccc1. The molecule has 0 aliphatic heterocycles. The van der Waals surface area contributed by atoms with E-state index in [1.54, 1.807) is 7.05 Å². The summed E-state index contributed by atoms with van der Waals surface area (Å²) in [7, 11) is 1.78. The number of benzene rings is 1. The quantitative estimate of drug-likeness (QED) is 0.533. The van der Waals surface area contributed by atoms with Crippen LogP contribution in [0.15, 0.2) is 39.8 Å². The maximum atomic E-state index is 5.79. The number of nitrogens with zero attached hydrogens (tertiary/aromatic N) is 2. The molecule has 0 radical (unpaired) electrons. The van der Waals surface area contributed by atoms with Gasteiger partial charge in [-0.25, -0.2) is 0 Å². The molecule has 0 amide bonds. The first-order valence-electron chi connectivity index (χ1n) is 9.08. The molecular weight excluding hydrogens is 328 g/mol. The van der Waals surface area contributed by atoms with Crippen LogP contribution in [0.4, 0.5) is 0 Å². The smallest absolute Gasteiger partial charge is 0.190 e. The molecule has 1 aromatic carbocycles. The van der Waals surface area contributed by atoms with Crippen molar-refractivity contribution < 1.29 is 9.26 Å². The molecule has 0 spiro atoms. The van der Waals surface area contributed by atoms with Crippen molar-refractivity contribution in [2.75, 3.05) is 26.7 Å². The maximum absolute atomic E-state index is 5.79. The van der Waals surface area contributed by atoms with Crippen molar-refractivity contribution in [3.8, 4) is 0 Å². The first kappa shape index (κ1) is 20.0. The first-order chi connectivity index (χ1) is 12.6. The molecule has 6 heteroatoms. The van der Waals surface area contributed by atoms with Crippen molar-refractivity contribution >= 4 is 5.96 Å². The number of hydrogen-bond donors (Lipinski definition) is 2. The molecule has 2 N–H and O–H groups in total. The zero-order valence-electron chi connectivity index (χ0n) is 16.2. The number of ether oxygens (including phenoxy) is 1. The summed E-state index contributed by atoms with van der Waals surface area (Å²) in [6, 6.07) is 10.2. The van der Waals surface area contributed by atoms with E-state index in [2.05, 4.69) is 39.8 Å². The van der Waals surface area contributed by atoms with Gasteiger partial charge < -0.3 is 19.9 Å². The average molecular weight is 358 g/mol. The van der Waals surface area contributed by atoms with Crippen LogP contribution in [-0.4, -0.2) is 37.9 Å². The van der Waals surface area contributed by atoms with E-state index >= 15 is 0 Å². The highest BCUT2D eigenvalue weighted by atomic mass is 16.5. The van der Waals surface area contributed by atoms with Crippen LogP contribution < -0.4 is 10.6 Å². The Morgan fingerprint density at radius 1 is 1.23 bits per heavy atom. The third kappa shape index (κ3) is 6.52. The van der Waals surface area contributed by atoms with E-state index < -0.39 is 0 Å². The Morgan fingerprint density at radius 3 is 2.65 bits per heavy atom. The molecule has 6 nitrogen and oxygen atoms in total. The van der Waals surface area contributed by atoms with E-state index in [4.69, 9.17) is 9.26 Å². The molecule has 2 rings (SSSR count). The summed E-state index contributed by atoms with van der Waals surface area (Å²) in [5, 5.41) is 10.7. The molecule has 0 saturated heterocycles. The summed E-state index contributed by atoms with van der Waals surface area (Å²) < 4.78 is 11.0. The highest BCUT2D eigenvalue weighted by Gasteiger charge is 2.09. The Balaban J connectivity index is 1.63. The van der Waals surface area contributed by atoms with Gasteiger partial charge in [0.25, 0.3) is 0 Å². The molecule has 0 bridgehead atoms. The Hall–Kier alpha value is -2.34. The van der Waals surface area contributed by atoms with Crippen LogP contribution in [-0.2, 0) is 17.8 Å². The highest BCUT2D eigenvalue weighted by Crippen LogP contribution is 2.12. The molecule has 142 valence electrons. The van der Waals surface area contributed by atoms with Gasteiger partial charge in [-0.2, -0.15) is 0 Å². The minimum Gasteiger partial charge on any atom is -0.376 e. The van der Waals surface area contributed by atoms with Gasteiger partial charge in [0.05, 0.1) is 18.9 Å². The molecule has 1 aromatic heterocycles. The molecule has 0 fully saturated rings. The van der Waals surface area contributed by atoms with Crippen molar-refractivity contribution in [2.24, 2.45) is 10.9 Å². The van der Waals surface area contributed by atoms with Crippen LogP contribution >= 0.6 is 0 Å². The fourth-order valence-electron chi connectivity index (χ4n) is 2.67. The number of rotatable bonds is 9. The number of aryl methyl sites for hydroxylation is 2. The fraction of sp³-hybridized carbons (Fsp3) is 0.500. The lowest BCUT2D eigenvalue weighted by atomic mass is 10.1. The van der Waals surface area contributed by atoms with Gasteiger partial charge >= 0.3 is 0 Å². The lowest BCUT2D eigenvalue weighted by Gasteiger charge is -2.16. The monoisotopic (exact) mass is 358 g/mol. The van der Waals surface area contributed by atoms with Crippen molar-refractivity contribution in [1.29, 1.82) is 0 Å². The second-order valence-electron chi connectivity index (χ2n) is 6.54. The van der Waals surface area contributed by atoms with E-state index in [9.17, 15) is 0 Å². The second kappa shape index (κ2) is 10.6. The number of aliphatic imine (C=N–C) groups is 1. The summed E-state index contributed by atoms with van der Waals surface area (Å²) >= 11 is 0. The number of hydrogen-bond acceptors (Lipinski definition) is 4. The molecule has 2 aromatic rings. The molecule has 26 heavy (non-hydrogen) atoms. The summed E-state index contributed by atoms with van der Waals surface area (Å²) in [6.45, 7) is 9.01. The summed E-state index contributed by atoms with van der Waals surface area (Å²) in [5.74, 6) is 2.07. The Kier molecular flexibility index (Phi) is 8.15. The van der Waals surface area contributed by atoms with Crippen LogP contribution in [0.25, 0.3) is 0 Å². The van der Waals surface area contributed by atoms with Crippen molar-refractivity contribution in [3.63, 3.8) is 0 Å². The Labute approximate surface area is 156 Å². The van der Waals surface area contributed by atoms with Crippen LogP contribution in [0, 0.1) is 19.8 Å². The lowest BCUT2D eigenvalue weighted by molar-refractivity contribution is 0.0931. The fourth-order valence-corrected chi connectivity index (χ4v) is 2.67. The van der Waals surface area contributed by atoms with Crippen LogP contribution in [0.3, 0.4) is 0 Å². The highest BCUT2D eigenvalue weighted by molar-refractivity contribution is 5.79. The predicted molar refractivity (Wildman–Crippen MR) is 104 cm³/mol. The van der Waals surface area contributed by atoms with Crippen molar-refractivity contribution in [3.05, 3.63) is 52.9 Å². The number of nitrogens with one attached hydrogen (secondary N) is 2. The molecule has 1 heterocycles. The van der Waals surface area contributed by atoms with Gasteiger partial charge in [-0.15, -0.1) is 0 Å². The Bertz CT molecular complexity index is 663. The molecule has 1 atom stereocenters. The van der Waals surface area contributed by atoms with Gasteiger partial charge in [0.15, 0.2) is 5.96 Å². The van der Waals surface area contributed by atoms with Gasteiger partial charge in [0.1, 0.15) is 5.76 Å². The summed E-state index contributed by atoms with van der Waals surface area (Å²) in [6.07, 6.45) is 0.859. The average Bonchev–Trinajstić information content (AvgIpc) is 2.97. The van der Waals surface area contributed by atoms with Crippen molar-refractivity contribution in [1.82, 2.24) is 15.8 Å². The molecule has 0 aliphatic carbocycles. The number of guanidine groups is 1. The Morgan fingerprint density at radius 2 is 2.00 bits per heavy atom. The predicted octanol–water partition coefficient (Wildman–Crippen LogP) is 2.85. The largest absolute Gasteiger partial charge is 0.376 e. The zero-order chi connectivity index (χ0) is 18.8. The third-order valence-electron chi connectivity index (χ3n) is 4.20. The maximum Gasteiger partial charge on any atom is 0.190 e. The van der Waals surface area contributed by atoms with Crippen LogP contribution in [0.2, 0.25) is 0 Å². The van der Waals surface area contributed by atoms with Gasteiger partial charge in [0, 0.05) is 25.7 Å². The van der Waals surface area contributed by atoms with E-state index in [0.717, 1.165) is 42.5 Å². The minimum atomic E-state index is 0.389. The standard InChI is InChI=1S/C20H30N4O2/c1-15(13-25-14-18-8-6-5-7-9-18)12-23-20(21-4)22-11-10-19-16(2)24-26-17(19)3/h5-9,15H,10-14H2,1-4H3,(H2,21,22,23). The topological polar surface area (TPSA) is 71.7 Å². The van der Waals surface area contributed by atoms with Gasteiger partial charge in [-0.1, -0.05) is 42.4 Å². The molecule has 1 unspecified atom stereocenters. The normalized spacial score (nSPS) is 12.8. The van der Waals surface area contributed by atoms with E-state index in [1.807, 2.05) is 32.0 Å².